The molecule has 0 spiro atoms. The summed E-state index contributed by atoms with van der Waals surface area (Å²) in [6.45, 7) is 19.8. The molecule has 0 aromatic carbocycles. The molecule has 0 aromatic heterocycles. The van der Waals surface area contributed by atoms with E-state index in [4.69, 9.17) is 14.2 Å². The van der Waals surface area contributed by atoms with Gasteiger partial charge in [-0.15, -0.1) is 0 Å². The Morgan fingerprint density at radius 1 is 0.500 bits per heavy atom. The van der Waals surface area contributed by atoms with E-state index >= 15 is 0 Å². The first-order chi connectivity index (χ1) is 10.2. The maximum absolute atomic E-state index is 6.10. The van der Waals surface area contributed by atoms with E-state index in [1.807, 2.05) is 0 Å². The molecule has 0 amide bonds. The van der Waals surface area contributed by atoms with Gasteiger partial charge < -0.3 is 14.2 Å². The third kappa shape index (κ3) is 13.5. The van der Waals surface area contributed by atoms with Gasteiger partial charge in [0.15, 0.2) is 0 Å². The van der Waals surface area contributed by atoms with E-state index in [-0.39, 0.29) is 18.3 Å². The first-order valence-electron chi connectivity index (χ1n) is 9.05. The van der Waals surface area contributed by atoms with Crippen molar-refractivity contribution < 1.29 is 14.2 Å². The van der Waals surface area contributed by atoms with Gasteiger partial charge in [0.05, 0.1) is 18.3 Å². The van der Waals surface area contributed by atoms with Gasteiger partial charge in [-0.3, -0.25) is 0 Å². The summed E-state index contributed by atoms with van der Waals surface area (Å²) in [6.07, 6.45) is 2.56. The molecule has 0 N–H and O–H groups in total. The van der Waals surface area contributed by atoms with Gasteiger partial charge in [-0.05, 0) is 44.4 Å². The van der Waals surface area contributed by atoms with Crippen LogP contribution in [0.5, 0.6) is 0 Å². The Balaban J connectivity index is 4.28. The van der Waals surface area contributed by atoms with Crippen LogP contribution in [0.3, 0.4) is 0 Å². The van der Waals surface area contributed by atoms with Gasteiger partial charge >= 0.3 is 0 Å². The van der Waals surface area contributed by atoms with Crippen LogP contribution in [0.1, 0.15) is 68.2 Å². The monoisotopic (exact) mass is 316 g/mol. The first-order valence-corrected chi connectivity index (χ1v) is 9.05. The van der Waals surface area contributed by atoms with Gasteiger partial charge in [0, 0.05) is 19.8 Å². The molecule has 0 bridgehead atoms. The first kappa shape index (κ1) is 21.9. The van der Waals surface area contributed by atoms with E-state index in [9.17, 15) is 0 Å². The van der Waals surface area contributed by atoms with Crippen LogP contribution in [0, 0.1) is 17.8 Å². The molecule has 0 aliphatic heterocycles. The second-order valence-electron chi connectivity index (χ2n) is 7.90. The molecule has 3 nitrogen and oxygen atoms in total. The maximum atomic E-state index is 6.10. The Labute approximate surface area is 139 Å². The van der Waals surface area contributed by atoms with E-state index in [2.05, 4.69) is 55.4 Å². The Morgan fingerprint density at radius 2 is 0.818 bits per heavy atom. The minimum atomic E-state index is 0.215. The van der Waals surface area contributed by atoms with E-state index in [1.165, 1.54) is 0 Å². The van der Waals surface area contributed by atoms with Crippen molar-refractivity contribution in [1.82, 2.24) is 0 Å². The van der Waals surface area contributed by atoms with E-state index < -0.39 is 0 Å². The Morgan fingerprint density at radius 3 is 1.14 bits per heavy atom. The number of rotatable bonds is 13. The van der Waals surface area contributed by atoms with E-state index in [0.29, 0.717) is 17.8 Å². The fourth-order valence-electron chi connectivity index (χ4n) is 2.15. The zero-order chi connectivity index (χ0) is 17.1. The lowest BCUT2D eigenvalue weighted by Crippen LogP contribution is -2.28. The predicted octanol–water partition coefficient (Wildman–Crippen LogP) is 4.93. The van der Waals surface area contributed by atoms with Crippen molar-refractivity contribution in [2.45, 2.75) is 86.5 Å². The quantitative estimate of drug-likeness (QED) is 0.482. The highest BCUT2D eigenvalue weighted by Gasteiger charge is 2.19. The van der Waals surface area contributed by atoms with Crippen molar-refractivity contribution >= 4 is 0 Å². The minimum absolute atomic E-state index is 0.215. The van der Waals surface area contributed by atoms with Crippen LogP contribution >= 0.6 is 0 Å². The molecule has 134 valence electrons. The van der Waals surface area contributed by atoms with Crippen molar-refractivity contribution in [1.29, 1.82) is 0 Å². The van der Waals surface area contributed by atoms with Crippen LogP contribution in [0.25, 0.3) is 0 Å². The van der Waals surface area contributed by atoms with Crippen molar-refractivity contribution in [2.75, 3.05) is 19.8 Å². The molecule has 0 rings (SSSR count). The van der Waals surface area contributed by atoms with Crippen LogP contribution in [0.15, 0.2) is 0 Å². The van der Waals surface area contributed by atoms with Crippen LogP contribution in [-0.4, -0.2) is 38.1 Å². The predicted molar refractivity (Wildman–Crippen MR) is 94.3 cm³/mol. The standard InChI is InChI=1S/C19H40O3/c1-14(2)11-20-17(7)9-19(22-13-16(5)6)10-18(8)21-12-15(3)4/h14-19H,9-13H2,1-8H3. The molecule has 0 radical (unpaired) electrons. The van der Waals surface area contributed by atoms with Gasteiger partial charge in [0.2, 0.25) is 0 Å². The fourth-order valence-corrected chi connectivity index (χ4v) is 2.15. The van der Waals surface area contributed by atoms with Crippen LogP contribution in [-0.2, 0) is 14.2 Å². The average molecular weight is 317 g/mol. The highest BCUT2D eigenvalue weighted by molar-refractivity contribution is 4.68. The lowest BCUT2D eigenvalue weighted by atomic mass is 10.1. The Hall–Kier alpha value is -0.120. The highest BCUT2D eigenvalue weighted by atomic mass is 16.5. The zero-order valence-corrected chi connectivity index (χ0v) is 16.2. The molecule has 0 saturated carbocycles. The molecular formula is C19H40O3. The summed E-state index contributed by atoms with van der Waals surface area (Å²) in [4.78, 5) is 0. The van der Waals surface area contributed by atoms with Gasteiger partial charge in [-0.2, -0.15) is 0 Å². The molecule has 22 heavy (non-hydrogen) atoms. The summed E-state index contributed by atoms with van der Waals surface area (Å²) < 4.78 is 17.9. The lowest BCUT2D eigenvalue weighted by molar-refractivity contribution is -0.0533. The van der Waals surface area contributed by atoms with Crippen molar-refractivity contribution in [2.24, 2.45) is 17.8 Å². The summed E-state index contributed by atoms with van der Waals surface area (Å²) in [5, 5.41) is 0. The number of hydrogen-bond donors (Lipinski definition) is 0. The van der Waals surface area contributed by atoms with Crippen molar-refractivity contribution in [3.63, 3.8) is 0 Å². The summed E-state index contributed by atoms with van der Waals surface area (Å²) in [5.41, 5.74) is 0. The fraction of sp³-hybridized carbons (Fsp3) is 1.00. The molecule has 2 unspecified atom stereocenters. The summed E-state index contributed by atoms with van der Waals surface area (Å²) in [6, 6.07) is 0. The largest absolute Gasteiger partial charge is 0.378 e. The van der Waals surface area contributed by atoms with E-state index in [1.54, 1.807) is 0 Å². The SMILES string of the molecule is CC(C)COC(C)CC(CC(C)OCC(C)C)OCC(C)C. The lowest BCUT2D eigenvalue weighted by Gasteiger charge is -2.26. The topological polar surface area (TPSA) is 27.7 Å². The van der Waals surface area contributed by atoms with Crippen LogP contribution in [0.4, 0.5) is 0 Å². The maximum Gasteiger partial charge on any atom is 0.0624 e. The normalized spacial score (nSPS) is 16.5. The molecule has 0 aliphatic rings. The van der Waals surface area contributed by atoms with Gasteiger partial charge in [-0.1, -0.05) is 41.5 Å². The Bertz CT molecular complexity index is 231. The van der Waals surface area contributed by atoms with Crippen LogP contribution < -0.4 is 0 Å². The summed E-state index contributed by atoms with van der Waals surface area (Å²) in [5.74, 6) is 1.71. The third-order valence-electron chi connectivity index (χ3n) is 3.28. The van der Waals surface area contributed by atoms with E-state index in [0.717, 1.165) is 32.7 Å². The van der Waals surface area contributed by atoms with Crippen LogP contribution in [0.2, 0.25) is 0 Å². The molecule has 0 saturated heterocycles. The molecule has 0 fully saturated rings. The van der Waals surface area contributed by atoms with Gasteiger partial charge in [0.25, 0.3) is 0 Å². The molecule has 2 atom stereocenters. The molecule has 3 heteroatoms. The molecule has 0 heterocycles. The van der Waals surface area contributed by atoms with Crippen molar-refractivity contribution in [3.05, 3.63) is 0 Å². The average Bonchev–Trinajstić information content (AvgIpc) is 2.40. The molecule has 0 aromatic rings. The van der Waals surface area contributed by atoms with Gasteiger partial charge in [-0.25, -0.2) is 0 Å². The number of hydrogen-bond acceptors (Lipinski definition) is 3. The highest BCUT2D eigenvalue weighted by Crippen LogP contribution is 2.16. The smallest absolute Gasteiger partial charge is 0.0624 e. The second kappa shape index (κ2) is 12.3. The van der Waals surface area contributed by atoms with Gasteiger partial charge in [0.1, 0.15) is 0 Å². The molecular weight excluding hydrogens is 276 g/mol. The van der Waals surface area contributed by atoms with Crippen molar-refractivity contribution in [3.8, 4) is 0 Å². The second-order valence-corrected chi connectivity index (χ2v) is 7.90. The summed E-state index contributed by atoms with van der Waals surface area (Å²) in [7, 11) is 0. The summed E-state index contributed by atoms with van der Waals surface area (Å²) >= 11 is 0. The molecule has 0 aliphatic carbocycles. The third-order valence-corrected chi connectivity index (χ3v) is 3.28. The zero-order valence-electron chi connectivity index (χ0n) is 16.2. The number of ether oxygens (including phenoxy) is 3. The Kier molecular flexibility index (Phi) is 12.3. The minimum Gasteiger partial charge on any atom is -0.378 e.